The molecule has 0 amide bonds. The Morgan fingerprint density at radius 2 is 1.88 bits per heavy atom. The van der Waals surface area contributed by atoms with Crippen LogP contribution in [0.3, 0.4) is 0 Å². The third-order valence-corrected chi connectivity index (χ3v) is 7.34. The van der Waals surface area contributed by atoms with Gasteiger partial charge in [0.1, 0.15) is 12.4 Å². The molecule has 0 radical (unpaired) electrons. The molecule has 1 aliphatic rings. The van der Waals surface area contributed by atoms with Crippen molar-refractivity contribution < 1.29 is 23.4 Å². The highest BCUT2D eigenvalue weighted by atomic mass is 32.1. The number of hydrogen-bond acceptors (Lipinski definition) is 7. The van der Waals surface area contributed by atoms with Crippen molar-refractivity contribution in [2.24, 2.45) is 4.99 Å². The van der Waals surface area contributed by atoms with Crippen LogP contribution in [-0.2, 0) is 9.53 Å². The molecule has 0 aliphatic carbocycles. The molecule has 0 fully saturated rings. The van der Waals surface area contributed by atoms with Crippen LogP contribution < -0.4 is 24.4 Å². The van der Waals surface area contributed by atoms with Gasteiger partial charge in [0.2, 0.25) is 0 Å². The van der Waals surface area contributed by atoms with Crippen LogP contribution in [0.5, 0.6) is 11.5 Å². The minimum Gasteiger partial charge on any atom is -0.493 e. The molecule has 41 heavy (non-hydrogen) atoms. The lowest BCUT2D eigenvalue weighted by molar-refractivity contribution is -0.138. The van der Waals surface area contributed by atoms with E-state index in [0.29, 0.717) is 43.2 Å². The van der Waals surface area contributed by atoms with Crippen molar-refractivity contribution in [1.82, 2.24) is 4.57 Å². The van der Waals surface area contributed by atoms with Gasteiger partial charge in [-0.15, -0.1) is 6.42 Å². The van der Waals surface area contributed by atoms with Gasteiger partial charge < -0.3 is 14.2 Å². The maximum atomic E-state index is 14.0. The van der Waals surface area contributed by atoms with Crippen LogP contribution in [0.2, 0.25) is 0 Å². The number of aromatic nitrogens is 1. The van der Waals surface area contributed by atoms with Gasteiger partial charge in [-0.05, 0) is 48.4 Å². The molecule has 0 saturated heterocycles. The molecule has 0 saturated carbocycles. The highest BCUT2D eigenvalue weighted by molar-refractivity contribution is 7.07. The number of esters is 1. The molecule has 0 N–H and O–H groups in total. The first kappa shape index (κ1) is 27.6. The molecule has 9 heteroatoms. The van der Waals surface area contributed by atoms with Gasteiger partial charge >= 0.3 is 5.97 Å². The summed E-state index contributed by atoms with van der Waals surface area (Å²) in [6.07, 6.45) is 7.02. The molecule has 3 aromatic carbocycles. The molecule has 206 valence electrons. The lowest BCUT2D eigenvalue weighted by Crippen LogP contribution is -2.40. The topological polar surface area (TPSA) is 79.1 Å². The SMILES string of the molecule is C#CCOc1ccc(C=c2sc3n(c2=O)[C@@H](c2ccc(F)cc2)C(C(=O)OCC)=C(c2ccccc2)N=3)cc1OC. The summed E-state index contributed by atoms with van der Waals surface area (Å²) >= 11 is 1.18. The van der Waals surface area contributed by atoms with E-state index in [4.69, 9.17) is 25.6 Å². The van der Waals surface area contributed by atoms with Crippen molar-refractivity contribution in [3.63, 3.8) is 0 Å². The number of fused-ring (bicyclic) bond motifs is 1. The van der Waals surface area contributed by atoms with Crippen molar-refractivity contribution in [2.75, 3.05) is 20.3 Å². The molecule has 1 aliphatic heterocycles. The van der Waals surface area contributed by atoms with Gasteiger partial charge in [0.15, 0.2) is 16.3 Å². The van der Waals surface area contributed by atoms with E-state index in [9.17, 15) is 14.0 Å². The van der Waals surface area contributed by atoms with E-state index >= 15 is 0 Å². The second kappa shape index (κ2) is 12.1. The number of benzene rings is 3. The molecule has 0 unspecified atom stereocenters. The number of halogens is 1. The largest absolute Gasteiger partial charge is 0.493 e. The second-order valence-corrected chi connectivity index (χ2v) is 9.90. The minimum absolute atomic E-state index is 0.0875. The fraction of sp³-hybridized carbons (Fsp3) is 0.156. The van der Waals surface area contributed by atoms with Gasteiger partial charge in [-0.3, -0.25) is 9.36 Å². The average Bonchev–Trinajstić information content (AvgIpc) is 3.30. The summed E-state index contributed by atoms with van der Waals surface area (Å²) in [5.41, 5.74) is 2.15. The molecular formula is C32H25FN2O5S. The van der Waals surface area contributed by atoms with E-state index < -0.39 is 17.8 Å². The van der Waals surface area contributed by atoms with Gasteiger partial charge in [0.05, 0.1) is 35.6 Å². The number of carbonyl (C=O) groups excluding carboxylic acids is 1. The van der Waals surface area contributed by atoms with Crippen molar-refractivity contribution in [3.05, 3.63) is 121 Å². The Morgan fingerprint density at radius 3 is 2.56 bits per heavy atom. The number of hydrogen-bond donors (Lipinski definition) is 0. The third kappa shape index (κ3) is 5.55. The summed E-state index contributed by atoms with van der Waals surface area (Å²) in [7, 11) is 1.51. The molecule has 0 spiro atoms. The van der Waals surface area contributed by atoms with Gasteiger partial charge in [0, 0.05) is 5.56 Å². The molecule has 4 aromatic rings. The number of rotatable bonds is 8. The van der Waals surface area contributed by atoms with Crippen molar-refractivity contribution in [1.29, 1.82) is 0 Å². The minimum atomic E-state index is -0.891. The predicted octanol–water partition coefficient (Wildman–Crippen LogP) is 4.10. The summed E-state index contributed by atoms with van der Waals surface area (Å²) in [5, 5.41) is 0. The number of ether oxygens (including phenoxy) is 3. The highest BCUT2D eigenvalue weighted by Crippen LogP contribution is 2.35. The number of thiazole rings is 1. The van der Waals surface area contributed by atoms with E-state index in [2.05, 4.69) is 5.92 Å². The maximum absolute atomic E-state index is 14.0. The van der Waals surface area contributed by atoms with Crippen LogP contribution >= 0.6 is 11.3 Å². The first-order valence-electron chi connectivity index (χ1n) is 12.7. The first-order chi connectivity index (χ1) is 19.9. The number of carbonyl (C=O) groups is 1. The maximum Gasteiger partial charge on any atom is 0.338 e. The van der Waals surface area contributed by atoms with E-state index in [1.54, 1.807) is 43.3 Å². The molecular weight excluding hydrogens is 543 g/mol. The predicted molar refractivity (Wildman–Crippen MR) is 155 cm³/mol. The van der Waals surface area contributed by atoms with Gasteiger partial charge in [0.25, 0.3) is 5.56 Å². The van der Waals surface area contributed by atoms with Gasteiger partial charge in [-0.25, -0.2) is 14.2 Å². The van der Waals surface area contributed by atoms with Gasteiger partial charge in [-0.1, -0.05) is 65.8 Å². The molecule has 5 rings (SSSR count). The number of methoxy groups -OCH3 is 1. The summed E-state index contributed by atoms with van der Waals surface area (Å²) in [6.45, 7) is 1.93. The van der Waals surface area contributed by atoms with E-state index in [-0.39, 0.29) is 24.3 Å². The smallest absolute Gasteiger partial charge is 0.338 e. The lowest BCUT2D eigenvalue weighted by atomic mass is 9.93. The molecule has 2 heterocycles. The quantitative estimate of drug-likeness (QED) is 0.236. The Balaban J connectivity index is 1.75. The zero-order chi connectivity index (χ0) is 28.9. The Bertz CT molecular complexity index is 1850. The van der Waals surface area contributed by atoms with Crippen LogP contribution in [0.1, 0.15) is 29.7 Å². The summed E-state index contributed by atoms with van der Waals surface area (Å²) in [5.74, 6) is 2.31. The first-order valence-corrected chi connectivity index (χ1v) is 13.5. The summed E-state index contributed by atoms with van der Waals surface area (Å²) < 4.78 is 32.2. The van der Waals surface area contributed by atoms with Crippen molar-refractivity contribution in [2.45, 2.75) is 13.0 Å². The Hall–Kier alpha value is -4.94. The molecule has 1 aromatic heterocycles. The van der Waals surface area contributed by atoms with E-state index in [1.165, 1.54) is 35.1 Å². The monoisotopic (exact) mass is 568 g/mol. The molecule has 1 atom stereocenters. The highest BCUT2D eigenvalue weighted by Gasteiger charge is 2.35. The summed E-state index contributed by atoms with van der Waals surface area (Å²) in [4.78, 5) is 32.6. The van der Waals surface area contributed by atoms with Crippen molar-refractivity contribution >= 4 is 29.1 Å². The van der Waals surface area contributed by atoms with Crippen LogP contribution in [0.15, 0.2) is 88.2 Å². The zero-order valence-electron chi connectivity index (χ0n) is 22.3. The lowest BCUT2D eigenvalue weighted by Gasteiger charge is -2.25. The van der Waals surface area contributed by atoms with Crippen LogP contribution in [0, 0.1) is 18.2 Å². The van der Waals surface area contributed by atoms with Crippen LogP contribution in [0.4, 0.5) is 4.39 Å². The molecule has 7 nitrogen and oxygen atoms in total. The van der Waals surface area contributed by atoms with Crippen LogP contribution in [0.25, 0.3) is 11.8 Å². The fourth-order valence-electron chi connectivity index (χ4n) is 4.56. The second-order valence-electron chi connectivity index (χ2n) is 8.89. The fourth-order valence-corrected chi connectivity index (χ4v) is 5.57. The third-order valence-electron chi connectivity index (χ3n) is 6.36. The molecule has 0 bridgehead atoms. The van der Waals surface area contributed by atoms with Crippen LogP contribution in [-0.4, -0.2) is 30.9 Å². The average molecular weight is 569 g/mol. The van der Waals surface area contributed by atoms with E-state index in [1.807, 2.05) is 30.3 Å². The van der Waals surface area contributed by atoms with Crippen molar-refractivity contribution in [3.8, 4) is 23.8 Å². The Kier molecular flexibility index (Phi) is 8.13. The standard InChI is InChI=1S/C32H25FN2O5S/c1-4-17-40-24-16-11-20(18-25(24)38-3)19-26-30(36)35-29(22-12-14-23(33)15-13-22)27(31(37)39-5-2)28(34-32(35)41-26)21-9-7-6-8-10-21/h1,6-16,18-19,29H,5,17H2,2-3H3/t29-/m0/s1. The van der Waals surface area contributed by atoms with E-state index in [0.717, 1.165) is 0 Å². The van der Waals surface area contributed by atoms with Gasteiger partial charge in [-0.2, -0.15) is 0 Å². The zero-order valence-corrected chi connectivity index (χ0v) is 23.1. The Morgan fingerprint density at radius 1 is 1.12 bits per heavy atom. The number of terminal acetylenes is 1. The summed E-state index contributed by atoms with van der Waals surface area (Å²) in [6, 6.07) is 19.3. The number of nitrogens with zero attached hydrogens (tertiary/aromatic N) is 2. The normalized spacial score (nSPS) is 14.6. The Labute approximate surface area is 239 Å².